The van der Waals surface area contributed by atoms with E-state index in [9.17, 15) is 0 Å². The zero-order valence-corrected chi connectivity index (χ0v) is 31.6. The Morgan fingerprint density at radius 2 is 0.914 bits per heavy atom. The minimum absolute atomic E-state index is 0.632. The van der Waals surface area contributed by atoms with Crippen molar-refractivity contribution in [3.8, 4) is 44.8 Å². The molecule has 3 nitrogen and oxygen atoms in total. The van der Waals surface area contributed by atoms with E-state index < -0.39 is 0 Å². The molecule has 3 heteroatoms. The highest BCUT2D eigenvalue weighted by atomic mass is 16.3. The molecule has 0 saturated carbocycles. The standard InChI is InChI=1S/C55H36N2O/c1-3-13-38(14-4-1)47-19-11-12-22-53(47)57(45-32-27-39(28-33-45)50-36-43-17-7-8-18-46(43)48-20-9-10-21-49(48)50)44-30-25-37(26-31-44)42-24-23-40-29-34-52-54(51(40)35-42)58-55(56-52)41-15-5-2-6-16-41/h1-36H. The second kappa shape index (κ2) is 14.1. The molecule has 0 aliphatic heterocycles. The molecule has 272 valence electrons. The summed E-state index contributed by atoms with van der Waals surface area (Å²) in [6.07, 6.45) is 0. The van der Waals surface area contributed by atoms with Gasteiger partial charge in [-0.2, -0.15) is 0 Å². The number of rotatable bonds is 7. The molecule has 1 heterocycles. The maximum atomic E-state index is 6.41. The molecule has 11 aromatic rings. The van der Waals surface area contributed by atoms with Crippen LogP contribution in [0.2, 0.25) is 0 Å². The Kier molecular flexibility index (Phi) is 8.15. The van der Waals surface area contributed by atoms with Gasteiger partial charge in [-0.1, -0.05) is 158 Å². The summed E-state index contributed by atoms with van der Waals surface area (Å²) in [6.45, 7) is 0. The highest BCUT2D eigenvalue weighted by Gasteiger charge is 2.19. The lowest BCUT2D eigenvalue weighted by molar-refractivity contribution is 0.623. The van der Waals surface area contributed by atoms with E-state index in [2.05, 4.69) is 187 Å². The quantitative estimate of drug-likeness (QED) is 0.152. The number of fused-ring (bicyclic) bond motifs is 6. The van der Waals surface area contributed by atoms with E-state index in [4.69, 9.17) is 9.40 Å². The van der Waals surface area contributed by atoms with Gasteiger partial charge in [-0.15, -0.1) is 0 Å². The van der Waals surface area contributed by atoms with Gasteiger partial charge in [0, 0.05) is 27.9 Å². The van der Waals surface area contributed by atoms with Gasteiger partial charge in [-0.05, 0) is 115 Å². The first kappa shape index (κ1) is 33.6. The van der Waals surface area contributed by atoms with Crippen LogP contribution in [0.25, 0.3) is 88.3 Å². The van der Waals surface area contributed by atoms with Crippen molar-refractivity contribution in [2.45, 2.75) is 0 Å². The highest BCUT2D eigenvalue weighted by Crippen LogP contribution is 2.43. The third kappa shape index (κ3) is 5.89. The topological polar surface area (TPSA) is 29.3 Å². The Bertz CT molecular complexity index is 3260. The fourth-order valence-corrected chi connectivity index (χ4v) is 8.43. The summed E-state index contributed by atoms with van der Waals surface area (Å²) in [5, 5.41) is 7.21. The highest BCUT2D eigenvalue weighted by molar-refractivity contribution is 6.14. The molecular weight excluding hydrogens is 705 g/mol. The van der Waals surface area contributed by atoms with E-state index in [1.807, 2.05) is 36.4 Å². The predicted molar refractivity (Wildman–Crippen MR) is 243 cm³/mol. The number of nitrogens with zero attached hydrogens (tertiary/aromatic N) is 2. The van der Waals surface area contributed by atoms with Crippen molar-refractivity contribution in [3.63, 3.8) is 0 Å². The molecule has 11 rings (SSSR count). The van der Waals surface area contributed by atoms with Crippen LogP contribution in [-0.4, -0.2) is 4.98 Å². The van der Waals surface area contributed by atoms with Crippen molar-refractivity contribution in [2.24, 2.45) is 0 Å². The van der Waals surface area contributed by atoms with Crippen LogP contribution in [0.5, 0.6) is 0 Å². The number of anilines is 3. The summed E-state index contributed by atoms with van der Waals surface area (Å²) in [7, 11) is 0. The minimum Gasteiger partial charge on any atom is -0.435 e. The molecule has 0 bridgehead atoms. The fourth-order valence-electron chi connectivity index (χ4n) is 8.43. The van der Waals surface area contributed by atoms with Crippen molar-refractivity contribution in [1.82, 2.24) is 4.98 Å². The lowest BCUT2D eigenvalue weighted by Gasteiger charge is -2.28. The van der Waals surface area contributed by atoms with Gasteiger partial charge >= 0.3 is 0 Å². The minimum atomic E-state index is 0.632. The Labute approximate surface area is 336 Å². The van der Waals surface area contributed by atoms with Crippen LogP contribution < -0.4 is 4.90 Å². The van der Waals surface area contributed by atoms with E-state index >= 15 is 0 Å². The van der Waals surface area contributed by atoms with Gasteiger partial charge < -0.3 is 9.32 Å². The number of hydrogen-bond acceptors (Lipinski definition) is 3. The molecule has 0 atom stereocenters. The number of aromatic nitrogens is 1. The third-order valence-electron chi connectivity index (χ3n) is 11.3. The van der Waals surface area contributed by atoms with Crippen LogP contribution in [0, 0.1) is 0 Å². The predicted octanol–water partition coefficient (Wildman–Crippen LogP) is 15.4. The van der Waals surface area contributed by atoms with Crippen molar-refractivity contribution in [2.75, 3.05) is 4.90 Å². The zero-order valence-electron chi connectivity index (χ0n) is 31.6. The number of oxazole rings is 1. The molecule has 0 radical (unpaired) electrons. The van der Waals surface area contributed by atoms with Gasteiger partial charge in [-0.25, -0.2) is 4.98 Å². The molecule has 10 aromatic carbocycles. The monoisotopic (exact) mass is 740 g/mol. The molecule has 0 fully saturated rings. The second-order valence-electron chi connectivity index (χ2n) is 14.7. The molecule has 0 spiro atoms. The summed E-state index contributed by atoms with van der Waals surface area (Å²) in [5.74, 6) is 0.632. The average molecular weight is 741 g/mol. The first-order valence-electron chi connectivity index (χ1n) is 19.7. The molecule has 0 aliphatic rings. The van der Waals surface area contributed by atoms with Crippen LogP contribution in [0.1, 0.15) is 0 Å². The summed E-state index contributed by atoms with van der Waals surface area (Å²) < 4.78 is 6.41. The van der Waals surface area contributed by atoms with Gasteiger partial charge in [0.1, 0.15) is 5.52 Å². The van der Waals surface area contributed by atoms with E-state index in [1.165, 1.54) is 38.2 Å². The summed E-state index contributed by atoms with van der Waals surface area (Å²) in [5.41, 5.74) is 12.9. The van der Waals surface area contributed by atoms with Crippen molar-refractivity contribution in [3.05, 3.63) is 218 Å². The summed E-state index contributed by atoms with van der Waals surface area (Å²) in [4.78, 5) is 7.20. The molecule has 1 aromatic heterocycles. The van der Waals surface area contributed by atoms with E-state index in [0.717, 1.165) is 61.2 Å². The van der Waals surface area contributed by atoms with Crippen LogP contribution in [-0.2, 0) is 0 Å². The lowest BCUT2D eigenvalue weighted by atomic mass is 9.93. The van der Waals surface area contributed by atoms with Crippen LogP contribution in [0.3, 0.4) is 0 Å². The van der Waals surface area contributed by atoms with Crippen LogP contribution in [0.15, 0.2) is 223 Å². The SMILES string of the molecule is c1ccc(-c2nc3ccc4ccc(-c5ccc(N(c6ccc(-c7cc8ccccc8c8ccccc78)cc6)c6ccccc6-c6ccccc6)cc5)cc4c3o2)cc1. The average Bonchev–Trinajstić information content (AvgIpc) is 3.76. The van der Waals surface area contributed by atoms with Crippen molar-refractivity contribution in [1.29, 1.82) is 0 Å². The first-order valence-corrected chi connectivity index (χ1v) is 19.7. The van der Waals surface area contributed by atoms with Crippen LogP contribution >= 0.6 is 0 Å². The van der Waals surface area contributed by atoms with Gasteiger partial charge in [0.15, 0.2) is 5.58 Å². The van der Waals surface area contributed by atoms with Gasteiger partial charge in [0.2, 0.25) is 5.89 Å². The molecule has 0 saturated heterocycles. The van der Waals surface area contributed by atoms with Gasteiger partial charge in [-0.3, -0.25) is 0 Å². The zero-order chi connectivity index (χ0) is 38.4. The van der Waals surface area contributed by atoms with E-state index in [0.29, 0.717) is 5.89 Å². The normalized spacial score (nSPS) is 11.4. The largest absolute Gasteiger partial charge is 0.435 e. The molecular formula is C55H36N2O. The maximum Gasteiger partial charge on any atom is 0.227 e. The first-order chi connectivity index (χ1) is 28.7. The molecule has 0 aliphatic carbocycles. The van der Waals surface area contributed by atoms with E-state index in [-0.39, 0.29) is 0 Å². The van der Waals surface area contributed by atoms with Gasteiger partial charge in [0.05, 0.1) is 5.69 Å². The lowest BCUT2D eigenvalue weighted by Crippen LogP contribution is -2.11. The fraction of sp³-hybridized carbons (Fsp3) is 0. The summed E-state index contributed by atoms with van der Waals surface area (Å²) >= 11 is 0. The third-order valence-corrected chi connectivity index (χ3v) is 11.3. The van der Waals surface area contributed by atoms with E-state index in [1.54, 1.807) is 0 Å². The number of hydrogen-bond donors (Lipinski definition) is 0. The van der Waals surface area contributed by atoms with Crippen molar-refractivity contribution < 1.29 is 4.42 Å². The maximum absolute atomic E-state index is 6.41. The molecule has 58 heavy (non-hydrogen) atoms. The Morgan fingerprint density at radius 3 is 1.67 bits per heavy atom. The second-order valence-corrected chi connectivity index (χ2v) is 14.7. The molecule has 0 unspecified atom stereocenters. The number of para-hydroxylation sites is 1. The Hall–Kier alpha value is -7.75. The van der Waals surface area contributed by atoms with Crippen molar-refractivity contribution >= 4 is 60.5 Å². The Morgan fingerprint density at radius 1 is 0.345 bits per heavy atom. The molecule has 0 N–H and O–H groups in total. The van der Waals surface area contributed by atoms with Gasteiger partial charge in [0.25, 0.3) is 0 Å². The summed E-state index contributed by atoms with van der Waals surface area (Å²) in [6, 6.07) is 77.8. The molecule has 0 amide bonds. The number of benzene rings is 10. The Balaban J connectivity index is 1.01. The smallest absolute Gasteiger partial charge is 0.227 e. The van der Waals surface area contributed by atoms with Crippen LogP contribution in [0.4, 0.5) is 17.1 Å².